The molecule has 3 rings (SSSR count). The van der Waals surface area contributed by atoms with Gasteiger partial charge in [0.25, 0.3) is 0 Å². The van der Waals surface area contributed by atoms with Crippen molar-refractivity contribution in [3.05, 3.63) is 71.5 Å². The van der Waals surface area contributed by atoms with Gasteiger partial charge < -0.3 is 15.7 Å². The quantitative estimate of drug-likeness (QED) is 0.842. The number of benzene rings is 2. The maximum atomic E-state index is 13.0. The summed E-state index contributed by atoms with van der Waals surface area (Å²) in [6.07, 6.45) is 2.35. The summed E-state index contributed by atoms with van der Waals surface area (Å²) in [5.74, 6) is -0.0231. The van der Waals surface area contributed by atoms with Crippen LogP contribution in [0.25, 0.3) is 0 Å². The summed E-state index contributed by atoms with van der Waals surface area (Å²) >= 11 is 0. The van der Waals surface area contributed by atoms with Crippen LogP contribution in [0, 0.1) is 11.7 Å². The van der Waals surface area contributed by atoms with Crippen LogP contribution in [0.5, 0.6) is 0 Å². The van der Waals surface area contributed by atoms with Gasteiger partial charge in [0, 0.05) is 6.04 Å². The molecule has 0 radical (unpaired) electrons. The zero-order valence-electron chi connectivity index (χ0n) is 14.5. The number of piperidine rings is 1. The lowest BCUT2D eigenvalue weighted by Gasteiger charge is -2.34. The van der Waals surface area contributed by atoms with Gasteiger partial charge in [0.05, 0.1) is 6.10 Å². The number of aliphatic hydroxyl groups is 1. The summed E-state index contributed by atoms with van der Waals surface area (Å²) in [5, 5.41) is 10.5. The van der Waals surface area contributed by atoms with Crippen molar-refractivity contribution >= 4 is 0 Å². The third kappa shape index (κ3) is 4.88. The average molecular weight is 342 g/mol. The Kier molecular flexibility index (Phi) is 6.19. The maximum Gasteiger partial charge on any atom is 0.123 e. The second kappa shape index (κ2) is 8.56. The molecule has 2 atom stereocenters. The van der Waals surface area contributed by atoms with Crippen molar-refractivity contribution in [3.8, 4) is 0 Å². The molecule has 0 aromatic heterocycles. The maximum absolute atomic E-state index is 13.0. The van der Waals surface area contributed by atoms with Crippen molar-refractivity contribution in [1.82, 2.24) is 4.90 Å². The highest BCUT2D eigenvalue weighted by Gasteiger charge is 2.26. The number of hydrogen-bond acceptors (Lipinski definition) is 3. The van der Waals surface area contributed by atoms with E-state index in [0.29, 0.717) is 0 Å². The van der Waals surface area contributed by atoms with Gasteiger partial charge in [-0.15, -0.1) is 0 Å². The largest absolute Gasteiger partial charge is 0.388 e. The number of halogens is 1. The fourth-order valence-corrected chi connectivity index (χ4v) is 3.61. The van der Waals surface area contributed by atoms with Crippen LogP contribution >= 0.6 is 0 Å². The predicted molar refractivity (Wildman–Crippen MR) is 98.5 cm³/mol. The number of hydrogen-bond donors (Lipinski definition) is 2. The second-order valence-corrected chi connectivity index (χ2v) is 6.98. The molecule has 2 aromatic carbocycles. The van der Waals surface area contributed by atoms with Gasteiger partial charge in [-0.3, -0.25) is 0 Å². The molecule has 0 bridgehead atoms. The summed E-state index contributed by atoms with van der Waals surface area (Å²) in [7, 11) is 0. The number of nitrogens with zero attached hydrogens (tertiary/aromatic N) is 1. The van der Waals surface area contributed by atoms with E-state index in [9.17, 15) is 9.50 Å². The van der Waals surface area contributed by atoms with Gasteiger partial charge in [0.2, 0.25) is 0 Å². The first kappa shape index (κ1) is 18.1. The highest BCUT2D eigenvalue weighted by Crippen LogP contribution is 2.31. The molecule has 0 aliphatic carbocycles. The Morgan fingerprint density at radius 3 is 2.28 bits per heavy atom. The molecule has 1 saturated heterocycles. The van der Waals surface area contributed by atoms with Gasteiger partial charge in [0.15, 0.2) is 0 Å². The van der Waals surface area contributed by atoms with Crippen molar-refractivity contribution in [1.29, 1.82) is 0 Å². The molecule has 1 aliphatic heterocycles. The zero-order chi connectivity index (χ0) is 17.6. The lowest BCUT2D eigenvalue weighted by Crippen LogP contribution is -2.37. The van der Waals surface area contributed by atoms with E-state index in [0.717, 1.165) is 44.5 Å². The van der Waals surface area contributed by atoms with Gasteiger partial charge >= 0.3 is 0 Å². The van der Waals surface area contributed by atoms with E-state index in [1.807, 2.05) is 18.2 Å². The molecule has 1 fully saturated rings. The number of aliphatic hydroxyl groups excluding tert-OH is 1. The molecule has 0 saturated carbocycles. The van der Waals surface area contributed by atoms with Crippen molar-refractivity contribution in [2.75, 3.05) is 19.6 Å². The number of nitrogens with two attached hydrogens (primary N) is 1. The molecule has 0 spiro atoms. The molecule has 2 unspecified atom stereocenters. The molecule has 134 valence electrons. The van der Waals surface area contributed by atoms with Crippen LogP contribution in [0.1, 0.15) is 42.5 Å². The Balaban J connectivity index is 1.44. The van der Waals surface area contributed by atoms with E-state index in [4.69, 9.17) is 5.73 Å². The van der Waals surface area contributed by atoms with E-state index in [1.165, 1.54) is 17.7 Å². The van der Waals surface area contributed by atoms with Crippen LogP contribution in [-0.2, 0) is 0 Å². The highest BCUT2D eigenvalue weighted by molar-refractivity contribution is 5.19. The smallest absolute Gasteiger partial charge is 0.123 e. The second-order valence-electron chi connectivity index (χ2n) is 6.98. The molecule has 4 heteroatoms. The summed E-state index contributed by atoms with van der Waals surface area (Å²) in [6, 6.07) is 16.5. The van der Waals surface area contributed by atoms with Crippen molar-refractivity contribution in [2.24, 2.45) is 11.7 Å². The zero-order valence-corrected chi connectivity index (χ0v) is 14.5. The van der Waals surface area contributed by atoms with E-state index in [1.54, 1.807) is 12.1 Å². The molecule has 25 heavy (non-hydrogen) atoms. The minimum atomic E-state index is -0.505. The Labute approximate surface area is 149 Å². The van der Waals surface area contributed by atoms with E-state index in [2.05, 4.69) is 17.0 Å². The molecular weight excluding hydrogens is 315 g/mol. The van der Waals surface area contributed by atoms with Crippen LogP contribution in [0.4, 0.5) is 4.39 Å². The molecule has 1 aliphatic rings. The van der Waals surface area contributed by atoms with Crippen LogP contribution in [-0.4, -0.2) is 29.6 Å². The Bertz CT molecular complexity index is 639. The Morgan fingerprint density at radius 1 is 1.00 bits per heavy atom. The lowest BCUT2D eigenvalue weighted by atomic mass is 9.87. The van der Waals surface area contributed by atoms with Crippen molar-refractivity contribution in [3.63, 3.8) is 0 Å². The first-order valence-corrected chi connectivity index (χ1v) is 9.10. The average Bonchev–Trinajstić information content (AvgIpc) is 2.67. The molecule has 1 heterocycles. The molecular formula is C21H27FN2O. The SMILES string of the molecule is NC(CCN1CCC(C(O)c2ccc(F)cc2)CC1)c1ccccc1. The summed E-state index contributed by atoms with van der Waals surface area (Å²) in [4.78, 5) is 2.43. The van der Waals surface area contributed by atoms with Crippen LogP contribution in [0.15, 0.2) is 54.6 Å². The fraction of sp³-hybridized carbons (Fsp3) is 0.429. The molecule has 3 N–H and O–H groups in total. The minimum Gasteiger partial charge on any atom is -0.388 e. The Morgan fingerprint density at radius 2 is 1.64 bits per heavy atom. The number of likely N-dealkylation sites (tertiary alicyclic amines) is 1. The monoisotopic (exact) mass is 342 g/mol. The van der Waals surface area contributed by atoms with Crippen molar-refractivity contribution in [2.45, 2.75) is 31.4 Å². The molecule has 3 nitrogen and oxygen atoms in total. The van der Waals surface area contributed by atoms with Gasteiger partial charge in [-0.25, -0.2) is 4.39 Å². The Hall–Kier alpha value is -1.75. The number of rotatable bonds is 6. The summed E-state index contributed by atoms with van der Waals surface area (Å²) in [6.45, 7) is 2.93. The molecule has 2 aromatic rings. The highest BCUT2D eigenvalue weighted by atomic mass is 19.1. The fourth-order valence-electron chi connectivity index (χ4n) is 3.61. The first-order valence-electron chi connectivity index (χ1n) is 9.10. The van der Waals surface area contributed by atoms with E-state index >= 15 is 0 Å². The third-order valence-electron chi connectivity index (χ3n) is 5.27. The van der Waals surface area contributed by atoms with E-state index in [-0.39, 0.29) is 17.8 Å². The van der Waals surface area contributed by atoms with Gasteiger partial charge in [-0.2, -0.15) is 0 Å². The van der Waals surface area contributed by atoms with Gasteiger partial charge in [0.1, 0.15) is 5.82 Å². The summed E-state index contributed by atoms with van der Waals surface area (Å²) < 4.78 is 13.0. The van der Waals surface area contributed by atoms with Gasteiger partial charge in [-0.1, -0.05) is 42.5 Å². The third-order valence-corrected chi connectivity index (χ3v) is 5.27. The van der Waals surface area contributed by atoms with Crippen LogP contribution in [0.3, 0.4) is 0 Å². The lowest BCUT2D eigenvalue weighted by molar-refractivity contribution is 0.0580. The first-order chi connectivity index (χ1) is 12.1. The van der Waals surface area contributed by atoms with Crippen molar-refractivity contribution < 1.29 is 9.50 Å². The summed E-state index contributed by atoms with van der Waals surface area (Å²) in [5.41, 5.74) is 8.27. The standard InChI is InChI=1S/C21H27FN2O/c22-19-8-6-17(7-9-19)21(25)18-10-13-24(14-11-18)15-12-20(23)16-4-2-1-3-5-16/h1-9,18,20-21,25H,10-15,23H2. The van der Waals surface area contributed by atoms with E-state index < -0.39 is 6.10 Å². The normalized spacial score (nSPS) is 18.8. The van der Waals surface area contributed by atoms with Crippen LogP contribution < -0.4 is 5.73 Å². The van der Waals surface area contributed by atoms with Gasteiger partial charge in [-0.05, 0) is 68.1 Å². The topological polar surface area (TPSA) is 49.5 Å². The molecule has 0 amide bonds. The minimum absolute atomic E-state index is 0.0729. The van der Waals surface area contributed by atoms with Crippen LogP contribution in [0.2, 0.25) is 0 Å². The predicted octanol–water partition coefficient (Wildman–Crippen LogP) is 3.66.